The third kappa shape index (κ3) is 3.38. The highest BCUT2D eigenvalue weighted by Gasteiger charge is 2.09. The Labute approximate surface area is 106 Å². The van der Waals surface area contributed by atoms with Gasteiger partial charge in [-0.25, -0.2) is 4.98 Å². The van der Waals surface area contributed by atoms with Gasteiger partial charge in [0.1, 0.15) is 5.82 Å². The van der Waals surface area contributed by atoms with Gasteiger partial charge >= 0.3 is 0 Å². The molecule has 2 rings (SSSR count). The average molecular weight is 242 g/mol. The Balaban J connectivity index is 1.94. The van der Waals surface area contributed by atoms with Crippen molar-refractivity contribution in [1.29, 1.82) is 0 Å². The lowest BCUT2D eigenvalue weighted by Gasteiger charge is -2.01. The van der Waals surface area contributed by atoms with E-state index < -0.39 is 0 Å². The normalized spacial score (nSPS) is 10.1. The number of aromatic nitrogens is 2. The molecule has 92 valence electrons. The van der Waals surface area contributed by atoms with E-state index in [1.165, 1.54) is 5.56 Å². The molecule has 0 radical (unpaired) electrons. The number of carbonyl (C=O) groups is 1. The van der Waals surface area contributed by atoms with Gasteiger partial charge in [-0.3, -0.25) is 4.79 Å². The van der Waals surface area contributed by atoms with Crippen molar-refractivity contribution in [3.63, 3.8) is 0 Å². The van der Waals surface area contributed by atoms with E-state index in [0.717, 1.165) is 6.42 Å². The molecule has 2 heterocycles. The summed E-state index contributed by atoms with van der Waals surface area (Å²) in [5.41, 5.74) is 1.26. The summed E-state index contributed by atoms with van der Waals surface area (Å²) >= 11 is 0. The number of nitrogens with zero attached hydrogens (tertiary/aromatic N) is 2. The summed E-state index contributed by atoms with van der Waals surface area (Å²) in [6, 6.07) is 9.46. The number of hydrogen-bond acceptors (Lipinski definition) is 2. The zero-order valence-electron chi connectivity index (χ0n) is 10.3. The zero-order valence-corrected chi connectivity index (χ0v) is 10.3. The Bertz CT molecular complexity index is 508. The van der Waals surface area contributed by atoms with Crippen LogP contribution in [0, 0.1) is 0 Å². The van der Waals surface area contributed by atoms with Crippen LogP contribution in [0.15, 0.2) is 48.9 Å². The van der Waals surface area contributed by atoms with Crippen LogP contribution < -0.4 is 9.88 Å². The van der Waals surface area contributed by atoms with Crippen LogP contribution in [-0.4, -0.2) is 10.9 Å². The molecule has 18 heavy (non-hydrogen) atoms. The number of amides is 1. The molecule has 2 aromatic rings. The molecule has 0 spiro atoms. The van der Waals surface area contributed by atoms with E-state index in [9.17, 15) is 4.79 Å². The lowest BCUT2D eigenvalue weighted by atomic mass is 10.2. The van der Waals surface area contributed by atoms with Crippen LogP contribution in [0.3, 0.4) is 0 Å². The van der Waals surface area contributed by atoms with Gasteiger partial charge in [0.2, 0.25) is 6.54 Å². The van der Waals surface area contributed by atoms with Crippen molar-refractivity contribution in [2.45, 2.75) is 19.9 Å². The van der Waals surface area contributed by atoms with Gasteiger partial charge in [0.15, 0.2) is 12.4 Å². The van der Waals surface area contributed by atoms with Crippen LogP contribution in [0.2, 0.25) is 0 Å². The predicted octanol–water partition coefficient (Wildman–Crippen LogP) is 1.57. The first-order valence-corrected chi connectivity index (χ1v) is 5.97. The molecule has 0 bridgehead atoms. The molecular formula is C14H16N3O+. The summed E-state index contributed by atoms with van der Waals surface area (Å²) in [6.45, 7) is 2.40. The molecule has 0 aliphatic rings. The number of anilines is 1. The van der Waals surface area contributed by atoms with Gasteiger partial charge < -0.3 is 5.32 Å². The summed E-state index contributed by atoms with van der Waals surface area (Å²) in [7, 11) is 0. The fourth-order valence-electron chi connectivity index (χ4n) is 1.61. The zero-order chi connectivity index (χ0) is 12.8. The third-order valence-electron chi connectivity index (χ3n) is 2.63. The van der Waals surface area contributed by atoms with Gasteiger partial charge in [0.25, 0.3) is 5.91 Å². The molecule has 1 N–H and O–H groups in total. The second-order valence-corrected chi connectivity index (χ2v) is 4.00. The van der Waals surface area contributed by atoms with Gasteiger partial charge in [-0.1, -0.05) is 13.0 Å². The number of aryl methyl sites for hydroxylation is 1. The fraction of sp³-hybridized carbons (Fsp3) is 0.214. The van der Waals surface area contributed by atoms with E-state index in [1.807, 2.05) is 41.2 Å². The van der Waals surface area contributed by atoms with E-state index in [0.29, 0.717) is 12.4 Å². The number of nitrogens with one attached hydrogen (secondary N) is 1. The quantitative estimate of drug-likeness (QED) is 0.827. The molecule has 2 aromatic heterocycles. The van der Waals surface area contributed by atoms with Crippen LogP contribution in [-0.2, 0) is 17.8 Å². The second kappa shape index (κ2) is 5.91. The van der Waals surface area contributed by atoms with Crippen molar-refractivity contribution < 1.29 is 9.36 Å². The SMILES string of the molecule is CCc1cc[n+](CC(=O)Nc2ccccn2)cc1. The van der Waals surface area contributed by atoms with E-state index in [4.69, 9.17) is 0 Å². The minimum absolute atomic E-state index is 0.0806. The second-order valence-electron chi connectivity index (χ2n) is 4.00. The first-order valence-electron chi connectivity index (χ1n) is 5.97. The maximum atomic E-state index is 11.8. The van der Waals surface area contributed by atoms with Crippen LogP contribution in [0.4, 0.5) is 5.82 Å². The molecule has 0 fully saturated rings. The van der Waals surface area contributed by atoms with Crippen LogP contribution >= 0.6 is 0 Å². The van der Waals surface area contributed by atoms with E-state index >= 15 is 0 Å². The molecule has 1 amide bonds. The van der Waals surface area contributed by atoms with Gasteiger partial charge in [0, 0.05) is 18.3 Å². The van der Waals surface area contributed by atoms with Gasteiger partial charge in [-0.2, -0.15) is 4.57 Å². The fourth-order valence-corrected chi connectivity index (χ4v) is 1.61. The monoisotopic (exact) mass is 242 g/mol. The van der Waals surface area contributed by atoms with Crippen LogP contribution in [0.25, 0.3) is 0 Å². The van der Waals surface area contributed by atoms with Gasteiger partial charge in [-0.15, -0.1) is 0 Å². The number of carbonyl (C=O) groups excluding carboxylic acids is 1. The summed E-state index contributed by atoms with van der Waals surface area (Å²) in [6.07, 6.45) is 6.48. The Kier molecular flexibility index (Phi) is 4.02. The highest BCUT2D eigenvalue weighted by Crippen LogP contribution is 1.99. The van der Waals surface area contributed by atoms with Crippen LogP contribution in [0.5, 0.6) is 0 Å². The van der Waals surface area contributed by atoms with Crippen molar-refractivity contribution in [2.24, 2.45) is 0 Å². The predicted molar refractivity (Wildman–Crippen MR) is 68.9 cm³/mol. The van der Waals surface area contributed by atoms with Gasteiger partial charge in [0.05, 0.1) is 0 Å². The summed E-state index contributed by atoms with van der Waals surface area (Å²) in [5.74, 6) is 0.497. The van der Waals surface area contributed by atoms with Crippen LogP contribution in [0.1, 0.15) is 12.5 Å². The molecule has 0 saturated carbocycles. The van der Waals surface area contributed by atoms with Crippen molar-refractivity contribution in [2.75, 3.05) is 5.32 Å². The highest BCUT2D eigenvalue weighted by molar-refractivity contribution is 5.88. The van der Waals surface area contributed by atoms with E-state index in [-0.39, 0.29) is 5.91 Å². The molecule has 0 atom stereocenters. The van der Waals surface area contributed by atoms with Crippen molar-refractivity contribution in [1.82, 2.24) is 4.98 Å². The molecule has 0 aliphatic heterocycles. The molecule has 0 aliphatic carbocycles. The smallest absolute Gasteiger partial charge is 0.291 e. The van der Waals surface area contributed by atoms with E-state index in [2.05, 4.69) is 17.2 Å². The number of hydrogen-bond donors (Lipinski definition) is 1. The minimum Gasteiger partial charge on any atom is -0.305 e. The first kappa shape index (κ1) is 12.2. The summed E-state index contributed by atoms with van der Waals surface area (Å²) in [4.78, 5) is 15.8. The minimum atomic E-state index is -0.0806. The Morgan fingerprint density at radius 3 is 2.67 bits per heavy atom. The standard InChI is InChI=1S/C14H15N3O/c1-2-12-6-9-17(10-7-12)11-14(18)16-13-5-3-4-8-15-13/h3-10H,2,11H2,1H3/p+1. The lowest BCUT2D eigenvalue weighted by molar-refractivity contribution is -0.684. The maximum absolute atomic E-state index is 11.8. The third-order valence-corrected chi connectivity index (χ3v) is 2.63. The summed E-state index contributed by atoms with van der Waals surface area (Å²) in [5, 5.41) is 2.75. The molecule has 4 nitrogen and oxygen atoms in total. The molecule has 0 unspecified atom stereocenters. The Hall–Kier alpha value is -2.23. The average Bonchev–Trinajstić information content (AvgIpc) is 2.40. The van der Waals surface area contributed by atoms with Crippen molar-refractivity contribution in [3.8, 4) is 0 Å². The van der Waals surface area contributed by atoms with E-state index in [1.54, 1.807) is 12.3 Å². The van der Waals surface area contributed by atoms with Crippen molar-refractivity contribution in [3.05, 3.63) is 54.5 Å². The first-order chi connectivity index (χ1) is 8.78. The topological polar surface area (TPSA) is 45.9 Å². The highest BCUT2D eigenvalue weighted by atomic mass is 16.2. The molecule has 4 heteroatoms. The molecular weight excluding hydrogens is 226 g/mol. The Morgan fingerprint density at radius 1 is 1.28 bits per heavy atom. The molecule has 0 aromatic carbocycles. The van der Waals surface area contributed by atoms with Gasteiger partial charge in [-0.05, 0) is 24.1 Å². The van der Waals surface area contributed by atoms with Crippen molar-refractivity contribution >= 4 is 11.7 Å². The lowest BCUT2D eigenvalue weighted by Crippen LogP contribution is -2.39. The number of pyridine rings is 2. The molecule has 0 saturated heterocycles. The Morgan fingerprint density at radius 2 is 2.06 bits per heavy atom. The summed E-state index contributed by atoms with van der Waals surface area (Å²) < 4.78 is 1.84. The number of rotatable bonds is 4. The maximum Gasteiger partial charge on any atom is 0.291 e. The largest absolute Gasteiger partial charge is 0.305 e.